The van der Waals surface area contributed by atoms with E-state index in [0.717, 1.165) is 35.0 Å². The van der Waals surface area contributed by atoms with E-state index in [4.69, 9.17) is 0 Å². The first-order chi connectivity index (χ1) is 17.3. The summed E-state index contributed by atoms with van der Waals surface area (Å²) in [5, 5.41) is 0. The number of imidazole rings is 1. The fraction of sp³-hybridized carbons (Fsp3) is 0.333. The number of halogens is 1. The number of para-hydroxylation sites is 1. The molecule has 1 fully saturated rings. The van der Waals surface area contributed by atoms with E-state index in [9.17, 15) is 4.79 Å². The lowest BCUT2D eigenvalue weighted by Gasteiger charge is -2.34. The summed E-state index contributed by atoms with van der Waals surface area (Å²) in [6.07, 6.45) is 3.15. The Bertz CT molecular complexity index is 1510. The molecule has 6 rings (SSSR count). The zero-order chi connectivity index (χ0) is 25.2. The van der Waals surface area contributed by atoms with Gasteiger partial charge in [-0.15, -0.1) is 0 Å². The van der Waals surface area contributed by atoms with E-state index in [1.165, 1.54) is 27.9 Å². The molecule has 36 heavy (non-hydrogen) atoms. The van der Waals surface area contributed by atoms with Gasteiger partial charge < -0.3 is 9.80 Å². The first-order valence-corrected chi connectivity index (χ1v) is 13.4. The average molecular weight is 545 g/mol. The molecule has 2 aliphatic heterocycles. The summed E-state index contributed by atoms with van der Waals surface area (Å²) in [6.45, 7) is 8.47. The standard InChI is InChI=1S/C30H32BrN4O/c1-20-15-26-27(16-21(20)2)34(19-33(26)17-22-9-5-7-11-24(22)31)18-28(36)35-14-13-30(3)23-10-6-8-12-25(23)32(4)29(30)35/h5-12,15-16,19,29H,13-14,17-18H2,1-4H3/q+1. The number of carbonyl (C=O) groups excluding carboxylic acids is 1. The summed E-state index contributed by atoms with van der Waals surface area (Å²) in [5.74, 6) is 0.173. The second-order valence-corrected chi connectivity index (χ2v) is 11.5. The Kier molecular flexibility index (Phi) is 5.48. The maximum atomic E-state index is 13.9. The van der Waals surface area contributed by atoms with Gasteiger partial charge in [-0.3, -0.25) is 4.79 Å². The molecule has 0 saturated carbocycles. The van der Waals surface area contributed by atoms with Gasteiger partial charge in [0.1, 0.15) is 12.7 Å². The van der Waals surface area contributed by atoms with Crippen molar-refractivity contribution in [2.24, 2.45) is 0 Å². The Labute approximate surface area is 221 Å². The van der Waals surface area contributed by atoms with Crippen LogP contribution < -0.4 is 9.47 Å². The number of hydrogen-bond acceptors (Lipinski definition) is 2. The summed E-state index contributed by atoms with van der Waals surface area (Å²) in [5.41, 5.74) is 8.53. The third-order valence-corrected chi connectivity index (χ3v) is 9.19. The number of hydrogen-bond donors (Lipinski definition) is 0. The van der Waals surface area contributed by atoms with E-state index >= 15 is 0 Å². The molecule has 0 spiro atoms. The van der Waals surface area contributed by atoms with Crippen molar-refractivity contribution in [3.05, 3.63) is 93.7 Å². The number of benzene rings is 3. The van der Waals surface area contributed by atoms with Crippen molar-refractivity contribution < 1.29 is 9.36 Å². The Hall–Kier alpha value is -3.12. The number of likely N-dealkylation sites (tertiary alicyclic amines) is 1. The van der Waals surface area contributed by atoms with Crippen LogP contribution in [0, 0.1) is 13.8 Å². The molecule has 1 amide bonds. The molecule has 4 aromatic rings. The molecule has 184 valence electrons. The minimum atomic E-state index is -0.0348. The van der Waals surface area contributed by atoms with Crippen molar-refractivity contribution >= 4 is 38.6 Å². The van der Waals surface area contributed by atoms with E-state index in [2.05, 4.69) is 124 Å². The molecule has 3 aromatic carbocycles. The van der Waals surface area contributed by atoms with Gasteiger partial charge in [0, 0.05) is 34.7 Å². The number of anilines is 1. The van der Waals surface area contributed by atoms with Gasteiger partial charge in [0.2, 0.25) is 6.33 Å². The Morgan fingerprint density at radius 3 is 2.61 bits per heavy atom. The monoisotopic (exact) mass is 543 g/mol. The Morgan fingerprint density at radius 2 is 1.81 bits per heavy atom. The highest BCUT2D eigenvalue weighted by molar-refractivity contribution is 9.10. The van der Waals surface area contributed by atoms with Crippen molar-refractivity contribution in [3.63, 3.8) is 0 Å². The zero-order valence-corrected chi connectivity index (χ0v) is 22.9. The Morgan fingerprint density at radius 1 is 1.08 bits per heavy atom. The van der Waals surface area contributed by atoms with Crippen molar-refractivity contribution in [2.75, 3.05) is 18.5 Å². The van der Waals surface area contributed by atoms with Crippen molar-refractivity contribution in [2.45, 2.75) is 51.9 Å². The normalized spacial score (nSPS) is 20.8. The zero-order valence-electron chi connectivity index (χ0n) is 21.3. The smallest absolute Gasteiger partial charge is 0.266 e. The lowest BCUT2D eigenvalue weighted by molar-refractivity contribution is -0.663. The number of amides is 1. The number of likely N-dealkylation sites (N-methyl/N-ethyl adjacent to an activating group) is 1. The number of aryl methyl sites for hydroxylation is 2. The first-order valence-electron chi connectivity index (χ1n) is 12.6. The highest BCUT2D eigenvalue weighted by Gasteiger charge is 2.54. The average Bonchev–Trinajstić information content (AvgIpc) is 3.45. The molecule has 5 nitrogen and oxygen atoms in total. The highest BCUT2D eigenvalue weighted by Crippen LogP contribution is 2.51. The maximum Gasteiger partial charge on any atom is 0.266 e. The van der Waals surface area contributed by atoms with Crippen LogP contribution in [0.1, 0.15) is 35.6 Å². The van der Waals surface area contributed by atoms with Gasteiger partial charge in [0.05, 0.1) is 0 Å². The van der Waals surface area contributed by atoms with E-state index in [1.807, 2.05) is 6.07 Å². The van der Waals surface area contributed by atoms with Crippen molar-refractivity contribution in [1.29, 1.82) is 0 Å². The molecular formula is C30H32BrN4O+. The predicted molar refractivity (Wildman–Crippen MR) is 147 cm³/mol. The molecule has 0 aliphatic carbocycles. The van der Waals surface area contributed by atoms with Crippen LogP contribution in [0.5, 0.6) is 0 Å². The molecule has 0 N–H and O–H groups in total. The molecule has 2 aliphatic rings. The second kappa shape index (κ2) is 8.48. The summed E-state index contributed by atoms with van der Waals surface area (Å²) in [4.78, 5) is 18.3. The molecule has 3 heterocycles. The van der Waals surface area contributed by atoms with Crippen LogP contribution in [-0.4, -0.2) is 35.1 Å². The van der Waals surface area contributed by atoms with Gasteiger partial charge >= 0.3 is 0 Å². The molecule has 0 radical (unpaired) electrons. The lowest BCUT2D eigenvalue weighted by Crippen LogP contribution is -2.50. The Balaban J connectivity index is 1.35. The molecule has 2 unspecified atom stereocenters. The minimum absolute atomic E-state index is 0.0348. The van der Waals surface area contributed by atoms with Crippen molar-refractivity contribution in [1.82, 2.24) is 9.47 Å². The van der Waals surface area contributed by atoms with Gasteiger partial charge in [-0.05, 0) is 61.2 Å². The number of nitrogens with zero attached hydrogens (tertiary/aromatic N) is 4. The summed E-state index contributed by atoms with van der Waals surface area (Å²) in [7, 11) is 2.13. The SMILES string of the molecule is Cc1cc2c(cc1C)[n+](Cc1ccccc1Br)cn2CC(=O)N1CCC2(C)c3ccccc3N(C)C12. The first kappa shape index (κ1) is 23.3. The summed E-state index contributed by atoms with van der Waals surface area (Å²) >= 11 is 3.70. The van der Waals surface area contributed by atoms with Gasteiger partial charge in [-0.1, -0.05) is 59.3 Å². The van der Waals surface area contributed by atoms with Gasteiger partial charge in [0.25, 0.3) is 5.91 Å². The minimum Gasteiger partial charge on any atom is -0.353 e. The van der Waals surface area contributed by atoms with E-state index in [-0.39, 0.29) is 17.5 Å². The van der Waals surface area contributed by atoms with E-state index in [1.54, 1.807) is 0 Å². The second-order valence-electron chi connectivity index (χ2n) is 10.6. The molecule has 0 bridgehead atoms. The number of rotatable bonds is 4. The van der Waals surface area contributed by atoms with Gasteiger partial charge in [-0.2, -0.15) is 0 Å². The van der Waals surface area contributed by atoms with Crippen LogP contribution in [0.15, 0.2) is 71.5 Å². The number of carbonyl (C=O) groups is 1. The summed E-state index contributed by atoms with van der Waals surface area (Å²) in [6, 6.07) is 21.4. The fourth-order valence-corrected chi connectivity index (χ4v) is 6.76. The van der Waals surface area contributed by atoms with Crippen LogP contribution in [0.3, 0.4) is 0 Å². The lowest BCUT2D eigenvalue weighted by atomic mass is 9.81. The molecular weight excluding hydrogens is 512 g/mol. The third kappa shape index (κ3) is 3.49. The summed E-state index contributed by atoms with van der Waals surface area (Å²) < 4.78 is 5.50. The van der Waals surface area contributed by atoms with E-state index in [0.29, 0.717) is 6.54 Å². The van der Waals surface area contributed by atoms with Gasteiger partial charge in [0.15, 0.2) is 17.6 Å². The molecule has 1 aromatic heterocycles. The maximum absolute atomic E-state index is 13.9. The molecule has 6 heteroatoms. The van der Waals surface area contributed by atoms with Crippen LogP contribution in [0.2, 0.25) is 0 Å². The number of aromatic nitrogens is 2. The highest BCUT2D eigenvalue weighted by atomic mass is 79.9. The fourth-order valence-electron chi connectivity index (χ4n) is 6.35. The topological polar surface area (TPSA) is 32.4 Å². The predicted octanol–water partition coefficient (Wildman–Crippen LogP) is 5.32. The van der Waals surface area contributed by atoms with Crippen LogP contribution in [0.25, 0.3) is 11.0 Å². The van der Waals surface area contributed by atoms with Crippen LogP contribution >= 0.6 is 15.9 Å². The molecule has 1 saturated heterocycles. The van der Waals surface area contributed by atoms with Gasteiger partial charge in [-0.25, -0.2) is 9.13 Å². The molecule has 2 atom stereocenters. The number of fused-ring (bicyclic) bond motifs is 4. The largest absolute Gasteiger partial charge is 0.353 e. The van der Waals surface area contributed by atoms with Crippen LogP contribution in [-0.2, 0) is 23.3 Å². The van der Waals surface area contributed by atoms with Crippen LogP contribution in [0.4, 0.5) is 5.69 Å². The third-order valence-electron chi connectivity index (χ3n) is 8.42. The van der Waals surface area contributed by atoms with E-state index < -0.39 is 0 Å². The quantitative estimate of drug-likeness (QED) is 0.326. The van der Waals surface area contributed by atoms with Crippen molar-refractivity contribution in [3.8, 4) is 0 Å².